The van der Waals surface area contributed by atoms with Gasteiger partial charge in [-0.1, -0.05) is 24.3 Å². The zero-order chi connectivity index (χ0) is 20.2. The van der Waals surface area contributed by atoms with Crippen LogP contribution in [0.5, 0.6) is 0 Å². The molecule has 2 aromatic rings. The lowest BCUT2D eigenvalue weighted by Crippen LogP contribution is -2.29. The predicted molar refractivity (Wildman–Crippen MR) is 102 cm³/mol. The fourth-order valence-electron chi connectivity index (χ4n) is 2.67. The fraction of sp³-hybridized carbons (Fsp3) is 0.300. The molecule has 1 N–H and O–H groups in total. The second-order valence-electron chi connectivity index (χ2n) is 6.52. The number of aromatic carboxylic acids is 1. The summed E-state index contributed by atoms with van der Waals surface area (Å²) in [6.07, 6.45) is 1.97. The maximum atomic E-state index is 12.5. The molecule has 0 radical (unpaired) electrons. The van der Waals surface area contributed by atoms with E-state index < -0.39 is 15.8 Å². The van der Waals surface area contributed by atoms with Crippen LogP contribution in [0.2, 0.25) is 0 Å². The molecular formula is C20H23NO5S. The van der Waals surface area contributed by atoms with E-state index in [9.17, 15) is 18.0 Å². The first kappa shape index (κ1) is 20.6. The van der Waals surface area contributed by atoms with Crippen molar-refractivity contribution in [2.75, 3.05) is 13.3 Å². The van der Waals surface area contributed by atoms with Crippen molar-refractivity contribution in [3.8, 4) is 0 Å². The summed E-state index contributed by atoms with van der Waals surface area (Å²) in [5.74, 6) is -1.02. The molecule has 0 aliphatic heterocycles. The molecule has 27 heavy (non-hydrogen) atoms. The standard InChI is InChI=1S/C20H23NO5S/c1-14(16-9-11-18(12-10-16)27(3,25)26)21(2)19(22)13-6-15-4-7-17(8-5-15)20(23)24/h4-5,7-12,14H,6,13H2,1-3H3,(H,23,24). The van der Waals surface area contributed by atoms with Gasteiger partial charge in [0, 0.05) is 19.7 Å². The van der Waals surface area contributed by atoms with Crippen LogP contribution >= 0.6 is 0 Å². The summed E-state index contributed by atoms with van der Waals surface area (Å²) >= 11 is 0. The van der Waals surface area contributed by atoms with E-state index >= 15 is 0 Å². The number of carbonyl (C=O) groups excluding carboxylic acids is 1. The number of hydrogen-bond donors (Lipinski definition) is 1. The van der Waals surface area contributed by atoms with Crippen molar-refractivity contribution in [3.05, 3.63) is 65.2 Å². The Bertz CT molecular complexity index is 918. The molecule has 0 aliphatic carbocycles. The summed E-state index contributed by atoms with van der Waals surface area (Å²) in [6, 6.07) is 12.8. The van der Waals surface area contributed by atoms with E-state index in [1.165, 1.54) is 12.1 Å². The van der Waals surface area contributed by atoms with Gasteiger partial charge in [-0.05, 0) is 48.7 Å². The number of sulfone groups is 1. The van der Waals surface area contributed by atoms with Gasteiger partial charge in [-0.3, -0.25) is 4.79 Å². The average molecular weight is 389 g/mol. The highest BCUT2D eigenvalue weighted by Gasteiger charge is 2.18. The van der Waals surface area contributed by atoms with Crippen molar-refractivity contribution in [1.82, 2.24) is 4.90 Å². The molecule has 6 nitrogen and oxygen atoms in total. The summed E-state index contributed by atoms with van der Waals surface area (Å²) in [5, 5.41) is 8.90. The highest BCUT2D eigenvalue weighted by atomic mass is 32.2. The fourth-order valence-corrected chi connectivity index (χ4v) is 3.31. The van der Waals surface area contributed by atoms with Gasteiger partial charge in [0.05, 0.1) is 16.5 Å². The second kappa shape index (κ2) is 8.35. The predicted octanol–water partition coefficient (Wildman–Crippen LogP) is 2.94. The van der Waals surface area contributed by atoms with E-state index in [-0.39, 0.29) is 22.4 Å². The van der Waals surface area contributed by atoms with E-state index in [4.69, 9.17) is 5.11 Å². The molecule has 0 bridgehead atoms. The summed E-state index contributed by atoms with van der Waals surface area (Å²) in [6.45, 7) is 1.88. The highest BCUT2D eigenvalue weighted by molar-refractivity contribution is 7.90. The minimum absolute atomic E-state index is 0.0444. The number of carboxylic acid groups (broad SMARTS) is 1. The number of rotatable bonds is 7. The van der Waals surface area contributed by atoms with Crippen molar-refractivity contribution in [1.29, 1.82) is 0 Å². The molecule has 1 atom stereocenters. The van der Waals surface area contributed by atoms with E-state index in [1.807, 2.05) is 6.92 Å². The van der Waals surface area contributed by atoms with Gasteiger partial charge < -0.3 is 10.0 Å². The molecule has 0 fully saturated rings. The number of carbonyl (C=O) groups is 2. The van der Waals surface area contributed by atoms with Crippen LogP contribution in [0.25, 0.3) is 0 Å². The molecule has 7 heteroatoms. The van der Waals surface area contributed by atoms with Gasteiger partial charge in [-0.25, -0.2) is 13.2 Å². The molecule has 2 aromatic carbocycles. The van der Waals surface area contributed by atoms with Gasteiger partial charge in [-0.15, -0.1) is 0 Å². The zero-order valence-corrected chi connectivity index (χ0v) is 16.4. The van der Waals surface area contributed by atoms with Crippen molar-refractivity contribution in [2.45, 2.75) is 30.7 Å². The lowest BCUT2D eigenvalue weighted by atomic mass is 10.0. The Labute approximate surface area is 159 Å². The molecule has 1 amide bonds. The Kier molecular flexibility index (Phi) is 6.38. The van der Waals surface area contributed by atoms with Crippen molar-refractivity contribution in [3.63, 3.8) is 0 Å². The van der Waals surface area contributed by atoms with Crippen LogP contribution in [0, 0.1) is 0 Å². The maximum absolute atomic E-state index is 12.5. The number of benzene rings is 2. The van der Waals surface area contributed by atoms with E-state index in [0.29, 0.717) is 12.8 Å². The monoisotopic (exact) mass is 389 g/mol. The molecule has 144 valence electrons. The highest BCUT2D eigenvalue weighted by Crippen LogP contribution is 2.22. The number of hydrogen-bond acceptors (Lipinski definition) is 4. The van der Waals surface area contributed by atoms with E-state index in [1.54, 1.807) is 48.3 Å². The smallest absolute Gasteiger partial charge is 0.335 e. The molecule has 2 rings (SSSR count). The van der Waals surface area contributed by atoms with Gasteiger partial charge in [0.2, 0.25) is 5.91 Å². The lowest BCUT2D eigenvalue weighted by molar-refractivity contribution is -0.131. The van der Waals surface area contributed by atoms with Crippen LogP contribution in [0.15, 0.2) is 53.4 Å². The van der Waals surface area contributed by atoms with Gasteiger partial charge in [0.1, 0.15) is 0 Å². The molecule has 0 saturated heterocycles. The summed E-state index contributed by atoms with van der Waals surface area (Å²) in [5.41, 5.74) is 1.96. The van der Waals surface area contributed by atoms with Gasteiger partial charge in [0.25, 0.3) is 0 Å². The molecule has 0 aromatic heterocycles. The summed E-state index contributed by atoms with van der Waals surface area (Å²) in [4.78, 5) is 25.2. The van der Waals surface area contributed by atoms with Crippen LogP contribution in [-0.2, 0) is 21.1 Å². The minimum atomic E-state index is -3.25. The van der Waals surface area contributed by atoms with Gasteiger partial charge >= 0.3 is 5.97 Å². The average Bonchev–Trinajstić information content (AvgIpc) is 2.64. The Morgan fingerprint density at radius 3 is 2.07 bits per heavy atom. The van der Waals surface area contributed by atoms with Crippen LogP contribution in [-0.4, -0.2) is 43.6 Å². The molecule has 0 saturated carbocycles. The van der Waals surface area contributed by atoms with Crippen LogP contribution in [0.3, 0.4) is 0 Å². The Morgan fingerprint density at radius 2 is 1.59 bits per heavy atom. The van der Waals surface area contributed by atoms with E-state index in [2.05, 4.69) is 0 Å². The third kappa shape index (κ3) is 5.40. The number of aryl methyl sites for hydroxylation is 1. The SMILES string of the molecule is CC(c1ccc(S(C)(=O)=O)cc1)N(C)C(=O)CCc1ccc(C(=O)O)cc1. The third-order valence-corrected chi connectivity index (χ3v) is 5.72. The van der Waals surface area contributed by atoms with Gasteiger partial charge in [0.15, 0.2) is 9.84 Å². The van der Waals surface area contributed by atoms with Crippen molar-refractivity contribution < 1.29 is 23.1 Å². The van der Waals surface area contributed by atoms with Crippen molar-refractivity contribution >= 4 is 21.7 Å². The first-order valence-corrected chi connectivity index (χ1v) is 10.4. The van der Waals surface area contributed by atoms with Crippen LogP contribution < -0.4 is 0 Å². The molecule has 1 unspecified atom stereocenters. The van der Waals surface area contributed by atoms with E-state index in [0.717, 1.165) is 17.4 Å². The Morgan fingerprint density at radius 1 is 1.04 bits per heavy atom. The molecule has 0 spiro atoms. The summed E-state index contributed by atoms with van der Waals surface area (Å²) < 4.78 is 23.1. The van der Waals surface area contributed by atoms with Crippen LogP contribution in [0.1, 0.15) is 40.9 Å². The third-order valence-electron chi connectivity index (χ3n) is 4.59. The normalized spacial score (nSPS) is 12.4. The first-order chi connectivity index (χ1) is 12.6. The topological polar surface area (TPSA) is 91.8 Å². The number of amides is 1. The van der Waals surface area contributed by atoms with Crippen LogP contribution in [0.4, 0.5) is 0 Å². The second-order valence-corrected chi connectivity index (χ2v) is 8.54. The number of nitrogens with zero attached hydrogens (tertiary/aromatic N) is 1. The molecular weight excluding hydrogens is 366 g/mol. The maximum Gasteiger partial charge on any atom is 0.335 e. The first-order valence-electron chi connectivity index (χ1n) is 8.47. The molecule has 0 aliphatic rings. The van der Waals surface area contributed by atoms with Crippen molar-refractivity contribution in [2.24, 2.45) is 0 Å². The zero-order valence-electron chi connectivity index (χ0n) is 15.5. The Balaban J connectivity index is 1.98. The van der Waals surface area contributed by atoms with Gasteiger partial charge in [-0.2, -0.15) is 0 Å². The quantitative estimate of drug-likeness (QED) is 0.786. The number of carboxylic acids is 1. The minimum Gasteiger partial charge on any atom is -0.478 e. The largest absolute Gasteiger partial charge is 0.478 e. The molecule has 0 heterocycles. The summed E-state index contributed by atoms with van der Waals surface area (Å²) in [7, 11) is -1.53. The Hall–Kier alpha value is -2.67. The lowest BCUT2D eigenvalue weighted by Gasteiger charge is -2.25.